The lowest BCUT2D eigenvalue weighted by atomic mass is 10.3. The molecule has 0 aliphatic heterocycles. The highest BCUT2D eigenvalue weighted by molar-refractivity contribution is 7.13. The number of esters is 1. The fraction of sp³-hybridized carbons (Fsp3) is 0.133. The Balaban J connectivity index is 2.11. The second-order valence-electron chi connectivity index (χ2n) is 4.20. The van der Waals surface area contributed by atoms with Crippen molar-refractivity contribution in [2.45, 2.75) is 6.92 Å². The van der Waals surface area contributed by atoms with Crippen molar-refractivity contribution >= 4 is 17.3 Å². The minimum absolute atomic E-state index is 0.0732. The predicted molar refractivity (Wildman–Crippen MR) is 80.6 cm³/mol. The van der Waals surface area contributed by atoms with Crippen molar-refractivity contribution in [1.29, 1.82) is 0 Å². The van der Waals surface area contributed by atoms with E-state index in [-0.39, 0.29) is 5.82 Å². The van der Waals surface area contributed by atoms with Gasteiger partial charge in [0.15, 0.2) is 5.82 Å². The van der Waals surface area contributed by atoms with Gasteiger partial charge in [-0.25, -0.2) is 9.48 Å². The summed E-state index contributed by atoms with van der Waals surface area (Å²) in [5, 5.41) is 6.25. The zero-order valence-corrected chi connectivity index (χ0v) is 12.2. The molecule has 106 valence electrons. The molecule has 2 heterocycles. The summed E-state index contributed by atoms with van der Waals surface area (Å²) in [6, 6.07) is 13.5. The molecule has 0 radical (unpaired) electrons. The predicted octanol–water partition coefficient (Wildman–Crippen LogP) is 3.17. The normalized spacial score (nSPS) is 10.5. The lowest BCUT2D eigenvalue weighted by Gasteiger charge is -2.03. The van der Waals surface area contributed by atoms with E-state index in [0.717, 1.165) is 10.6 Å². The number of rotatable bonds is 4. The average Bonchev–Trinajstić information content (AvgIpc) is 3.17. The summed E-state index contributed by atoms with van der Waals surface area (Å²) in [6.07, 6.45) is 0. The number of hydrogen-bond acceptors (Lipinski definition) is 5. The number of para-hydroxylation sites is 1. The van der Waals surface area contributed by atoms with Crippen molar-refractivity contribution in [3.05, 3.63) is 53.7 Å². The van der Waals surface area contributed by atoms with Gasteiger partial charge in [-0.15, -0.1) is 16.4 Å². The highest BCUT2D eigenvalue weighted by Gasteiger charge is 2.19. The van der Waals surface area contributed by atoms with E-state index >= 15 is 0 Å². The first-order valence-corrected chi connectivity index (χ1v) is 7.41. The summed E-state index contributed by atoms with van der Waals surface area (Å²) in [5.74, 6) is 0.202. The quantitative estimate of drug-likeness (QED) is 0.694. The molecule has 0 aliphatic rings. The first-order valence-electron chi connectivity index (χ1n) is 6.53. The number of carbonyl (C=O) groups is 1. The van der Waals surface area contributed by atoms with E-state index in [1.165, 1.54) is 0 Å². The fourth-order valence-electron chi connectivity index (χ4n) is 1.91. The zero-order chi connectivity index (χ0) is 14.7. The molecule has 5 nitrogen and oxygen atoms in total. The molecule has 21 heavy (non-hydrogen) atoms. The molecular formula is C15H13N3O2S. The van der Waals surface area contributed by atoms with Crippen LogP contribution in [0.3, 0.4) is 0 Å². The number of benzene rings is 1. The molecule has 3 rings (SSSR count). The molecule has 0 bridgehead atoms. The molecule has 2 aromatic heterocycles. The lowest BCUT2D eigenvalue weighted by molar-refractivity contribution is 0.0512. The summed E-state index contributed by atoms with van der Waals surface area (Å²) in [7, 11) is 0. The van der Waals surface area contributed by atoms with E-state index in [4.69, 9.17) is 4.74 Å². The van der Waals surface area contributed by atoms with Crippen LogP contribution in [-0.2, 0) is 4.74 Å². The van der Waals surface area contributed by atoms with Gasteiger partial charge >= 0.3 is 5.97 Å². The molecule has 3 aromatic rings. The van der Waals surface area contributed by atoms with Crippen LogP contribution in [0.25, 0.3) is 16.4 Å². The van der Waals surface area contributed by atoms with Crippen LogP contribution in [-0.4, -0.2) is 27.3 Å². The molecule has 0 spiro atoms. The Hall–Kier alpha value is -2.47. The van der Waals surface area contributed by atoms with E-state index in [1.54, 1.807) is 22.9 Å². The number of aromatic nitrogens is 3. The van der Waals surface area contributed by atoms with E-state index < -0.39 is 5.97 Å². The van der Waals surface area contributed by atoms with Gasteiger partial charge in [-0.2, -0.15) is 4.98 Å². The lowest BCUT2D eigenvalue weighted by Crippen LogP contribution is -2.07. The topological polar surface area (TPSA) is 57.0 Å². The second kappa shape index (κ2) is 5.88. The summed E-state index contributed by atoms with van der Waals surface area (Å²) < 4.78 is 6.64. The molecular weight excluding hydrogens is 286 g/mol. The van der Waals surface area contributed by atoms with Crippen LogP contribution in [0.2, 0.25) is 0 Å². The largest absolute Gasteiger partial charge is 0.460 e. The maximum atomic E-state index is 11.9. The van der Waals surface area contributed by atoms with Crippen LogP contribution in [0.1, 0.15) is 17.5 Å². The Bertz CT molecular complexity index is 736. The van der Waals surface area contributed by atoms with E-state index in [2.05, 4.69) is 10.1 Å². The number of hydrogen-bond donors (Lipinski definition) is 0. The first-order chi connectivity index (χ1) is 10.3. The molecule has 6 heteroatoms. The summed E-state index contributed by atoms with van der Waals surface area (Å²) in [5.41, 5.74) is 0.851. The monoisotopic (exact) mass is 299 g/mol. The minimum atomic E-state index is -0.509. The van der Waals surface area contributed by atoms with Gasteiger partial charge in [0.05, 0.1) is 17.2 Å². The van der Waals surface area contributed by atoms with E-state index in [0.29, 0.717) is 12.4 Å². The van der Waals surface area contributed by atoms with E-state index in [9.17, 15) is 4.79 Å². The van der Waals surface area contributed by atoms with Crippen LogP contribution in [0.5, 0.6) is 0 Å². The third kappa shape index (κ3) is 2.71. The SMILES string of the molecule is CCOC(=O)c1nc(-c2cccs2)n(-c2ccccc2)n1. The number of carbonyl (C=O) groups excluding carboxylic acids is 1. The summed E-state index contributed by atoms with van der Waals surface area (Å²) in [4.78, 5) is 17.1. The van der Waals surface area contributed by atoms with Gasteiger partial charge < -0.3 is 4.74 Å². The Morgan fingerprint density at radius 3 is 2.71 bits per heavy atom. The standard InChI is InChI=1S/C15H13N3O2S/c1-2-20-15(19)13-16-14(12-9-6-10-21-12)18(17-13)11-7-4-3-5-8-11/h3-10H,2H2,1H3. The second-order valence-corrected chi connectivity index (χ2v) is 5.15. The highest BCUT2D eigenvalue weighted by atomic mass is 32.1. The van der Waals surface area contributed by atoms with Gasteiger partial charge in [-0.1, -0.05) is 24.3 Å². The molecule has 0 fully saturated rings. The molecule has 0 atom stereocenters. The van der Waals surface area contributed by atoms with Crippen LogP contribution in [0.15, 0.2) is 47.8 Å². The minimum Gasteiger partial charge on any atom is -0.460 e. The van der Waals surface area contributed by atoms with Gasteiger partial charge in [-0.3, -0.25) is 0 Å². The molecule has 0 unspecified atom stereocenters. The summed E-state index contributed by atoms with van der Waals surface area (Å²) in [6.45, 7) is 2.05. The Morgan fingerprint density at radius 2 is 2.05 bits per heavy atom. The maximum absolute atomic E-state index is 11.9. The first kappa shape index (κ1) is 13.5. The number of thiophene rings is 1. The maximum Gasteiger partial charge on any atom is 0.378 e. The Morgan fingerprint density at radius 1 is 1.24 bits per heavy atom. The van der Waals surface area contributed by atoms with Gasteiger partial charge in [0.1, 0.15) is 0 Å². The van der Waals surface area contributed by atoms with Crippen molar-refractivity contribution in [1.82, 2.24) is 14.8 Å². The van der Waals surface area contributed by atoms with Crippen molar-refractivity contribution in [3.63, 3.8) is 0 Å². The Kier molecular flexibility index (Phi) is 3.79. The fourth-order valence-corrected chi connectivity index (χ4v) is 2.61. The average molecular weight is 299 g/mol. The third-order valence-corrected chi connectivity index (χ3v) is 3.67. The Labute approximate surface area is 125 Å². The third-order valence-electron chi connectivity index (χ3n) is 2.81. The highest BCUT2D eigenvalue weighted by Crippen LogP contribution is 2.25. The van der Waals surface area contributed by atoms with Crippen LogP contribution >= 0.6 is 11.3 Å². The van der Waals surface area contributed by atoms with Crippen LogP contribution < -0.4 is 0 Å². The van der Waals surface area contributed by atoms with Crippen molar-refractivity contribution < 1.29 is 9.53 Å². The number of ether oxygens (including phenoxy) is 1. The molecule has 0 aliphatic carbocycles. The van der Waals surface area contributed by atoms with Gasteiger partial charge in [0.25, 0.3) is 5.82 Å². The van der Waals surface area contributed by atoms with Gasteiger partial charge in [-0.05, 0) is 30.5 Å². The smallest absolute Gasteiger partial charge is 0.378 e. The van der Waals surface area contributed by atoms with Crippen LogP contribution in [0, 0.1) is 0 Å². The van der Waals surface area contributed by atoms with Gasteiger partial charge in [0, 0.05) is 0 Å². The van der Waals surface area contributed by atoms with Crippen molar-refractivity contribution in [2.24, 2.45) is 0 Å². The molecule has 0 N–H and O–H groups in total. The molecule has 0 saturated heterocycles. The number of nitrogens with zero attached hydrogens (tertiary/aromatic N) is 3. The van der Waals surface area contributed by atoms with Crippen LogP contribution in [0.4, 0.5) is 0 Å². The van der Waals surface area contributed by atoms with Crippen molar-refractivity contribution in [2.75, 3.05) is 6.61 Å². The van der Waals surface area contributed by atoms with Gasteiger partial charge in [0.2, 0.25) is 0 Å². The zero-order valence-electron chi connectivity index (χ0n) is 11.4. The molecule has 0 amide bonds. The summed E-state index contributed by atoms with van der Waals surface area (Å²) >= 11 is 1.55. The molecule has 0 saturated carbocycles. The van der Waals surface area contributed by atoms with Crippen molar-refractivity contribution in [3.8, 4) is 16.4 Å². The molecule has 1 aromatic carbocycles. The van der Waals surface area contributed by atoms with E-state index in [1.807, 2.05) is 47.8 Å².